The smallest absolute Gasteiger partial charge is 0.165 e. The molecule has 0 spiro atoms. The summed E-state index contributed by atoms with van der Waals surface area (Å²) in [6.45, 7) is 3.74. The monoisotopic (exact) mass is 208 g/mol. The Bertz CT molecular complexity index is 421. The second kappa shape index (κ2) is 3.02. The Morgan fingerprint density at radius 3 is 2.64 bits per heavy atom. The molecule has 2 nitrogen and oxygen atoms in total. The largest absolute Gasteiger partial charge is 0.294 e. The van der Waals surface area contributed by atoms with Crippen molar-refractivity contribution in [3.8, 4) is 0 Å². The number of benzene rings is 1. The van der Waals surface area contributed by atoms with Gasteiger partial charge in [-0.1, -0.05) is 18.2 Å². The van der Waals surface area contributed by atoms with E-state index in [-0.39, 0.29) is 5.78 Å². The quantitative estimate of drug-likeness (QED) is 0.654. The molecule has 0 N–H and O–H groups in total. The number of hydrogen-bond donors (Lipinski definition) is 0. The average molecular weight is 208 g/mol. The first-order chi connectivity index (χ1) is 6.52. The maximum absolute atomic E-state index is 12.0. The number of fused-ring (bicyclic) bond motifs is 1. The molecule has 1 heterocycles. The van der Waals surface area contributed by atoms with Gasteiger partial charge in [0.25, 0.3) is 0 Å². The lowest BCUT2D eigenvalue weighted by Gasteiger charge is -2.28. The summed E-state index contributed by atoms with van der Waals surface area (Å²) >= 11 is 0. The number of hydrogen-bond acceptors (Lipinski definition) is 2. The van der Waals surface area contributed by atoms with Crippen molar-refractivity contribution >= 4 is 16.6 Å². The summed E-state index contributed by atoms with van der Waals surface area (Å²) in [5, 5.41) is 0. The van der Waals surface area contributed by atoms with Gasteiger partial charge in [-0.15, -0.1) is 0 Å². The van der Waals surface area contributed by atoms with E-state index in [0.717, 1.165) is 0 Å². The molecule has 1 aromatic rings. The van der Waals surface area contributed by atoms with E-state index in [9.17, 15) is 9.00 Å². The molecule has 0 bridgehead atoms. The van der Waals surface area contributed by atoms with E-state index in [0.29, 0.717) is 16.9 Å². The Labute approximate surface area is 85.8 Å². The number of Topliss-reactive ketones (excluding diaryl/α,β-unsaturated/α-hetero) is 1. The van der Waals surface area contributed by atoms with E-state index in [4.69, 9.17) is 0 Å². The van der Waals surface area contributed by atoms with Crippen molar-refractivity contribution in [3.63, 3.8) is 0 Å². The minimum Gasteiger partial charge on any atom is -0.294 e. The summed E-state index contributed by atoms with van der Waals surface area (Å²) < 4.78 is 11.6. The Balaban J connectivity index is 2.63. The molecule has 2 rings (SSSR count). The molecule has 1 aliphatic heterocycles. The van der Waals surface area contributed by atoms with Gasteiger partial charge in [-0.3, -0.25) is 9.00 Å². The highest BCUT2D eigenvalue weighted by atomic mass is 32.2. The summed E-state index contributed by atoms with van der Waals surface area (Å²) in [6.07, 6.45) is 0.372. The van der Waals surface area contributed by atoms with Crippen LogP contribution in [0.3, 0.4) is 0 Å². The van der Waals surface area contributed by atoms with E-state index in [2.05, 4.69) is 0 Å². The van der Waals surface area contributed by atoms with Gasteiger partial charge in [-0.25, -0.2) is 0 Å². The maximum atomic E-state index is 12.0. The summed E-state index contributed by atoms with van der Waals surface area (Å²) in [5.74, 6) is 0.102. The summed E-state index contributed by atoms with van der Waals surface area (Å²) in [4.78, 5) is 12.4. The fourth-order valence-corrected chi connectivity index (χ4v) is 3.15. The van der Waals surface area contributed by atoms with Crippen LogP contribution in [-0.2, 0) is 10.8 Å². The van der Waals surface area contributed by atoms with Gasteiger partial charge in [-0.05, 0) is 19.9 Å². The van der Waals surface area contributed by atoms with Gasteiger partial charge in [0.05, 0.1) is 20.4 Å². The topological polar surface area (TPSA) is 34.1 Å². The lowest BCUT2D eigenvalue weighted by Crippen LogP contribution is -2.35. The van der Waals surface area contributed by atoms with E-state index in [1.54, 1.807) is 12.1 Å². The van der Waals surface area contributed by atoms with Crippen LogP contribution in [0.1, 0.15) is 30.6 Å². The molecule has 1 unspecified atom stereocenters. The normalized spacial score (nSPS) is 24.4. The first-order valence-electron chi connectivity index (χ1n) is 4.56. The van der Waals surface area contributed by atoms with Crippen LogP contribution in [0, 0.1) is 0 Å². The summed E-state index contributed by atoms with van der Waals surface area (Å²) in [7, 11) is -1.07. The predicted molar refractivity (Wildman–Crippen MR) is 55.9 cm³/mol. The molecule has 0 aliphatic carbocycles. The van der Waals surface area contributed by atoms with Crippen LogP contribution in [-0.4, -0.2) is 14.7 Å². The Kier molecular flexibility index (Phi) is 2.07. The Morgan fingerprint density at radius 1 is 1.29 bits per heavy atom. The van der Waals surface area contributed by atoms with Gasteiger partial charge in [0.1, 0.15) is 0 Å². The molecule has 0 saturated carbocycles. The van der Waals surface area contributed by atoms with E-state index in [1.807, 2.05) is 26.0 Å². The van der Waals surface area contributed by atoms with Crippen LogP contribution in [0.5, 0.6) is 0 Å². The third-order valence-electron chi connectivity index (χ3n) is 2.48. The van der Waals surface area contributed by atoms with Gasteiger partial charge in [0, 0.05) is 12.0 Å². The van der Waals surface area contributed by atoms with Gasteiger partial charge < -0.3 is 0 Å². The van der Waals surface area contributed by atoms with Crippen molar-refractivity contribution < 1.29 is 9.00 Å². The SMILES string of the molecule is CC1(C)CC(=O)c2ccccc2S1=O. The van der Waals surface area contributed by atoms with Crippen LogP contribution in [0.2, 0.25) is 0 Å². The van der Waals surface area contributed by atoms with E-state index in [1.165, 1.54) is 0 Å². The molecule has 14 heavy (non-hydrogen) atoms. The van der Waals surface area contributed by atoms with Gasteiger partial charge >= 0.3 is 0 Å². The molecular weight excluding hydrogens is 196 g/mol. The average Bonchev–Trinajstić information content (AvgIpc) is 2.14. The van der Waals surface area contributed by atoms with E-state index >= 15 is 0 Å². The fourth-order valence-electron chi connectivity index (χ4n) is 1.70. The molecule has 3 heteroatoms. The predicted octanol–water partition coefficient (Wildman–Crippen LogP) is 2.16. The molecule has 0 radical (unpaired) electrons. The first kappa shape index (κ1) is 9.59. The maximum Gasteiger partial charge on any atom is 0.165 e. The zero-order valence-electron chi connectivity index (χ0n) is 8.24. The van der Waals surface area contributed by atoms with Gasteiger partial charge in [0.15, 0.2) is 5.78 Å². The molecule has 1 atom stereocenters. The highest BCUT2D eigenvalue weighted by molar-refractivity contribution is 7.86. The van der Waals surface area contributed by atoms with Crippen LogP contribution in [0.25, 0.3) is 0 Å². The Morgan fingerprint density at radius 2 is 1.93 bits per heavy atom. The van der Waals surface area contributed by atoms with Crippen molar-refractivity contribution in [2.24, 2.45) is 0 Å². The standard InChI is InChI=1S/C11H12O2S/c1-11(2)7-9(12)8-5-3-4-6-10(8)14(11)13/h3-6H,7H2,1-2H3. The van der Waals surface area contributed by atoms with Crippen molar-refractivity contribution in [2.75, 3.05) is 0 Å². The second-order valence-corrected chi connectivity index (χ2v) is 6.21. The molecular formula is C11H12O2S. The minimum atomic E-state index is -1.07. The minimum absolute atomic E-state index is 0.102. The van der Waals surface area contributed by atoms with Gasteiger partial charge in [0.2, 0.25) is 0 Å². The lowest BCUT2D eigenvalue weighted by molar-refractivity contribution is 0.0966. The Hall–Kier alpha value is -0.960. The van der Waals surface area contributed by atoms with Gasteiger partial charge in [-0.2, -0.15) is 0 Å². The number of ketones is 1. The fraction of sp³-hybridized carbons (Fsp3) is 0.364. The zero-order chi connectivity index (χ0) is 10.3. The first-order valence-corrected chi connectivity index (χ1v) is 5.71. The highest BCUT2D eigenvalue weighted by Gasteiger charge is 2.37. The number of carbonyl (C=O) groups excluding carboxylic acids is 1. The van der Waals surface area contributed by atoms with Crippen molar-refractivity contribution in [1.29, 1.82) is 0 Å². The van der Waals surface area contributed by atoms with Crippen molar-refractivity contribution in [3.05, 3.63) is 29.8 Å². The molecule has 0 saturated heterocycles. The van der Waals surface area contributed by atoms with Crippen molar-refractivity contribution in [2.45, 2.75) is 29.9 Å². The molecule has 0 fully saturated rings. The molecule has 1 aromatic carbocycles. The molecule has 74 valence electrons. The molecule has 0 aromatic heterocycles. The second-order valence-electron chi connectivity index (χ2n) is 4.12. The lowest BCUT2D eigenvalue weighted by atomic mass is 9.99. The zero-order valence-corrected chi connectivity index (χ0v) is 9.06. The van der Waals surface area contributed by atoms with Crippen LogP contribution in [0.15, 0.2) is 29.2 Å². The van der Waals surface area contributed by atoms with Crippen LogP contribution < -0.4 is 0 Å². The number of rotatable bonds is 0. The van der Waals surface area contributed by atoms with Crippen molar-refractivity contribution in [1.82, 2.24) is 0 Å². The third-order valence-corrected chi connectivity index (χ3v) is 4.38. The summed E-state index contributed by atoms with van der Waals surface area (Å²) in [6, 6.07) is 7.17. The van der Waals surface area contributed by atoms with Crippen LogP contribution >= 0.6 is 0 Å². The third kappa shape index (κ3) is 1.32. The highest BCUT2D eigenvalue weighted by Crippen LogP contribution is 2.33. The number of carbonyl (C=O) groups is 1. The molecule has 0 amide bonds. The van der Waals surface area contributed by atoms with Crippen LogP contribution in [0.4, 0.5) is 0 Å². The molecule has 1 aliphatic rings. The summed E-state index contributed by atoms with van der Waals surface area (Å²) in [5.41, 5.74) is 0.630. The van der Waals surface area contributed by atoms with E-state index < -0.39 is 15.5 Å².